The van der Waals surface area contributed by atoms with E-state index in [-0.39, 0.29) is 21.0 Å². The van der Waals surface area contributed by atoms with Gasteiger partial charge in [-0.1, -0.05) is 35.1 Å². The third-order valence-corrected chi connectivity index (χ3v) is 5.92. The van der Waals surface area contributed by atoms with E-state index in [9.17, 15) is 12.8 Å². The number of sulfonamides is 1. The maximum Gasteiger partial charge on any atom is 0.251 e. The van der Waals surface area contributed by atoms with Crippen molar-refractivity contribution in [3.63, 3.8) is 0 Å². The van der Waals surface area contributed by atoms with E-state index in [0.29, 0.717) is 12.1 Å². The van der Waals surface area contributed by atoms with Crippen LogP contribution in [0.15, 0.2) is 28.5 Å². The molecular weight excluding hydrogens is 323 g/mol. The molecule has 0 saturated carbocycles. The normalized spacial score (nSPS) is 11.8. The van der Waals surface area contributed by atoms with E-state index in [0.717, 1.165) is 16.9 Å². The first-order valence-corrected chi connectivity index (χ1v) is 8.43. The zero-order valence-corrected chi connectivity index (χ0v) is 12.9. The Bertz CT molecular complexity index is 699. The van der Waals surface area contributed by atoms with Crippen molar-refractivity contribution in [2.24, 2.45) is 0 Å². The summed E-state index contributed by atoms with van der Waals surface area (Å²) in [4.78, 5) is 3.88. The van der Waals surface area contributed by atoms with E-state index in [2.05, 4.69) is 9.71 Å². The lowest BCUT2D eigenvalue weighted by molar-refractivity contribution is 0.582. The van der Waals surface area contributed by atoms with Crippen molar-refractivity contribution < 1.29 is 12.8 Å². The molecule has 0 unspecified atom stereocenters. The number of thiazole rings is 1. The first kappa shape index (κ1) is 15.4. The molecule has 0 aliphatic heterocycles. The van der Waals surface area contributed by atoms with Gasteiger partial charge in [-0.3, -0.25) is 0 Å². The van der Waals surface area contributed by atoms with E-state index < -0.39 is 10.0 Å². The van der Waals surface area contributed by atoms with Gasteiger partial charge in [-0.05, 0) is 31.0 Å². The summed E-state index contributed by atoms with van der Waals surface area (Å²) < 4.78 is 39.6. The average Bonchev–Trinajstić information content (AvgIpc) is 2.72. The Morgan fingerprint density at radius 2 is 2.00 bits per heavy atom. The molecule has 4 nitrogen and oxygen atoms in total. The molecule has 0 amide bonds. The molecule has 0 spiro atoms. The predicted octanol–water partition coefficient (Wildman–Crippen LogP) is 2.77. The van der Waals surface area contributed by atoms with Crippen LogP contribution in [0.25, 0.3) is 0 Å². The Hall–Kier alpha value is -1.02. The standard InChI is InChI=1S/C12H12ClFN2O2S2/c1-8-11(19-12(13)16-8)20(17,18)15-7-6-9-2-4-10(14)5-3-9/h2-5,15H,6-7H2,1H3. The number of aryl methyl sites for hydroxylation is 1. The van der Waals surface area contributed by atoms with E-state index >= 15 is 0 Å². The number of rotatable bonds is 5. The fraction of sp³-hybridized carbons (Fsp3) is 0.250. The van der Waals surface area contributed by atoms with Gasteiger partial charge in [0.15, 0.2) is 8.68 Å². The topological polar surface area (TPSA) is 59.1 Å². The number of nitrogens with one attached hydrogen (secondary N) is 1. The zero-order chi connectivity index (χ0) is 14.8. The minimum atomic E-state index is -3.60. The molecule has 0 bridgehead atoms. The van der Waals surface area contributed by atoms with Crippen LogP contribution in [0, 0.1) is 12.7 Å². The van der Waals surface area contributed by atoms with Crippen molar-refractivity contribution in [2.75, 3.05) is 6.54 Å². The van der Waals surface area contributed by atoms with Gasteiger partial charge in [0.05, 0.1) is 5.69 Å². The van der Waals surface area contributed by atoms with Crippen molar-refractivity contribution in [1.82, 2.24) is 9.71 Å². The van der Waals surface area contributed by atoms with Crippen LogP contribution in [0.1, 0.15) is 11.3 Å². The molecule has 0 aliphatic carbocycles. The predicted molar refractivity (Wildman–Crippen MR) is 77.2 cm³/mol. The molecule has 0 radical (unpaired) electrons. The van der Waals surface area contributed by atoms with Crippen LogP contribution in [0.2, 0.25) is 4.47 Å². The minimum Gasteiger partial charge on any atom is -0.229 e. The lowest BCUT2D eigenvalue weighted by atomic mass is 10.1. The van der Waals surface area contributed by atoms with Gasteiger partial charge in [0.25, 0.3) is 10.0 Å². The van der Waals surface area contributed by atoms with Crippen molar-refractivity contribution in [3.8, 4) is 0 Å². The molecule has 1 aromatic heterocycles. The maximum absolute atomic E-state index is 12.7. The summed E-state index contributed by atoms with van der Waals surface area (Å²) in [7, 11) is -3.60. The minimum absolute atomic E-state index is 0.126. The molecule has 20 heavy (non-hydrogen) atoms. The number of aromatic nitrogens is 1. The number of hydrogen-bond donors (Lipinski definition) is 1. The van der Waals surface area contributed by atoms with Gasteiger partial charge in [0, 0.05) is 6.54 Å². The molecule has 1 heterocycles. The van der Waals surface area contributed by atoms with Gasteiger partial charge in [-0.15, -0.1) is 0 Å². The van der Waals surface area contributed by atoms with Crippen LogP contribution in [0.5, 0.6) is 0 Å². The van der Waals surface area contributed by atoms with Gasteiger partial charge in [-0.25, -0.2) is 22.5 Å². The van der Waals surface area contributed by atoms with E-state index in [4.69, 9.17) is 11.6 Å². The summed E-state index contributed by atoms with van der Waals surface area (Å²) >= 11 is 6.62. The van der Waals surface area contributed by atoms with Crippen LogP contribution < -0.4 is 4.72 Å². The Labute approximate surface area is 125 Å². The molecule has 2 rings (SSSR count). The van der Waals surface area contributed by atoms with Gasteiger partial charge in [0.2, 0.25) is 0 Å². The lowest BCUT2D eigenvalue weighted by Crippen LogP contribution is -2.25. The lowest BCUT2D eigenvalue weighted by Gasteiger charge is -2.05. The van der Waals surface area contributed by atoms with Gasteiger partial charge < -0.3 is 0 Å². The van der Waals surface area contributed by atoms with Gasteiger partial charge in [-0.2, -0.15) is 0 Å². The molecular formula is C12H12ClFN2O2S2. The van der Waals surface area contributed by atoms with Crippen LogP contribution in [0.3, 0.4) is 0 Å². The van der Waals surface area contributed by atoms with Gasteiger partial charge in [0.1, 0.15) is 5.82 Å². The fourth-order valence-corrected chi connectivity index (χ4v) is 4.46. The Balaban J connectivity index is 1.99. The SMILES string of the molecule is Cc1nc(Cl)sc1S(=O)(=O)NCCc1ccc(F)cc1. The van der Waals surface area contributed by atoms with Gasteiger partial charge >= 0.3 is 0 Å². The van der Waals surface area contributed by atoms with Crippen LogP contribution in [0.4, 0.5) is 4.39 Å². The fourth-order valence-electron chi connectivity index (χ4n) is 1.65. The number of halogens is 2. The summed E-state index contributed by atoms with van der Waals surface area (Å²) in [5, 5.41) is 0. The smallest absolute Gasteiger partial charge is 0.229 e. The first-order valence-electron chi connectivity index (χ1n) is 5.75. The van der Waals surface area contributed by atoms with E-state index in [1.807, 2.05) is 0 Å². The average molecular weight is 335 g/mol. The molecule has 0 saturated heterocycles. The molecule has 2 aromatic rings. The summed E-state index contributed by atoms with van der Waals surface area (Å²) in [5.74, 6) is -0.316. The maximum atomic E-state index is 12.7. The molecule has 0 atom stereocenters. The highest BCUT2D eigenvalue weighted by Crippen LogP contribution is 2.26. The van der Waals surface area contributed by atoms with Crippen molar-refractivity contribution >= 4 is 33.0 Å². The highest BCUT2D eigenvalue weighted by atomic mass is 35.5. The van der Waals surface area contributed by atoms with Crippen molar-refractivity contribution in [3.05, 3.63) is 45.8 Å². The number of hydrogen-bond acceptors (Lipinski definition) is 4. The van der Waals surface area contributed by atoms with E-state index in [1.165, 1.54) is 12.1 Å². The van der Waals surface area contributed by atoms with E-state index in [1.54, 1.807) is 19.1 Å². The highest BCUT2D eigenvalue weighted by molar-refractivity contribution is 7.91. The third-order valence-electron chi connectivity index (χ3n) is 2.59. The summed E-state index contributed by atoms with van der Waals surface area (Å²) in [6.45, 7) is 1.82. The quantitative estimate of drug-likeness (QED) is 0.914. The first-order chi connectivity index (χ1) is 9.38. The summed E-state index contributed by atoms with van der Waals surface area (Å²) in [6.07, 6.45) is 0.477. The Morgan fingerprint density at radius 3 is 2.55 bits per heavy atom. The molecule has 108 valence electrons. The monoisotopic (exact) mass is 334 g/mol. The largest absolute Gasteiger partial charge is 0.251 e. The Kier molecular flexibility index (Phi) is 4.74. The summed E-state index contributed by atoms with van der Waals surface area (Å²) in [6, 6.07) is 5.94. The Morgan fingerprint density at radius 1 is 1.35 bits per heavy atom. The van der Waals surface area contributed by atoms with Crippen molar-refractivity contribution in [1.29, 1.82) is 0 Å². The second kappa shape index (κ2) is 6.17. The highest BCUT2D eigenvalue weighted by Gasteiger charge is 2.20. The molecule has 1 N–H and O–H groups in total. The zero-order valence-electron chi connectivity index (χ0n) is 10.6. The van der Waals surface area contributed by atoms with Crippen molar-refractivity contribution in [2.45, 2.75) is 17.6 Å². The molecule has 0 aliphatic rings. The second-order valence-electron chi connectivity index (χ2n) is 4.11. The molecule has 0 fully saturated rings. The third kappa shape index (κ3) is 3.76. The number of nitrogens with zero attached hydrogens (tertiary/aromatic N) is 1. The van der Waals surface area contributed by atoms with Crippen LogP contribution >= 0.6 is 22.9 Å². The van der Waals surface area contributed by atoms with Crippen LogP contribution in [-0.2, 0) is 16.4 Å². The molecule has 1 aromatic carbocycles. The second-order valence-corrected chi connectivity index (χ2v) is 7.66. The van der Waals surface area contributed by atoms with Crippen LogP contribution in [-0.4, -0.2) is 19.9 Å². The summed E-state index contributed by atoms with van der Waals surface area (Å²) in [5.41, 5.74) is 1.24. The molecule has 8 heteroatoms. The number of benzene rings is 1.